The molecule has 20 heavy (non-hydrogen) atoms. The van der Waals surface area contributed by atoms with E-state index in [4.69, 9.17) is 0 Å². The van der Waals surface area contributed by atoms with Crippen LogP contribution in [0.2, 0.25) is 0 Å². The number of rotatable bonds is 4. The Bertz CT molecular complexity index is 539. The first-order valence-electron chi connectivity index (χ1n) is 7.29. The van der Waals surface area contributed by atoms with Crippen LogP contribution in [0.25, 0.3) is 0 Å². The molecule has 1 aromatic carbocycles. The molecule has 5 heteroatoms. The number of sulfonamides is 1. The van der Waals surface area contributed by atoms with Crippen molar-refractivity contribution in [2.75, 3.05) is 19.6 Å². The van der Waals surface area contributed by atoms with Gasteiger partial charge in [0.05, 0.1) is 4.90 Å². The van der Waals surface area contributed by atoms with Crippen LogP contribution < -0.4 is 5.32 Å². The zero-order valence-electron chi connectivity index (χ0n) is 12.5. The second-order valence-corrected chi connectivity index (χ2v) is 7.44. The Morgan fingerprint density at radius 2 is 2.00 bits per heavy atom. The SMILES string of the molecule is CCC(C)c1ccc(S(=O)(=O)N2CCNCC2C)cc1. The minimum atomic E-state index is -3.37. The Labute approximate surface area is 122 Å². The van der Waals surface area contributed by atoms with Crippen LogP contribution in [0.5, 0.6) is 0 Å². The summed E-state index contributed by atoms with van der Waals surface area (Å²) in [6, 6.07) is 7.36. The molecule has 1 fully saturated rings. The number of piperazine rings is 1. The lowest BCUT2D eigenvalue weighted by Gasteiger charge is -2.32. The lowest BCUT2D eigenvalue weighted by Crippen LogP contribution is -2.52. The standard InChI is InChI=1S/C15H24N2O2S/c1-4-12(2)14-5-7-15(8-6-14)20(18,19)17-10-9-16-11-13(17)3/h5-8,12-13,16H,4,9-11H2,1-3H3. The topological polar surface area (TPSA) is 49.4 Å². The molecule has 0 amide bonds. The summed E-state index contributed by atoms with van der Waals surface area (Å²) in [5, 5.41) is 3.21. The number of nitrogens with one attached hydrogen (secondary N) is 1. The van der Waals surface area contributed by atoms with Gasteiger partial charge in [-0.05, 0) is 37.0 Å². The van der Waals surface area contributed by atoms with Crippen LogP contribution in [0.15, 0.2) is 29.2 Å². The van der Waals surface area contributed by atoms with Crippen LogP contribution >= 0.6 is 0 Å². The molecule has 0 saturated carbocycles. The van der Waals surface area contributed by atoms with Gasteiger partial charge in [0.1, 0.15) is 0 Å². The highest BCUT2D eigenvalue weighted by Gasteiger charge is 2.30. The third kappa shape index (κ3) is 3.05. The maximum atomic E-state index is 12.6. The second-order valence-electron chi connectivity index (χ2n) is 5.55. The average Bonchev–Trinajstić information content (AvgIpc) is 2.47. The smallest absolute Gasteiger partial charge is 0.243 e. The third-order valence-electron chi connectivity index (χ3n) is 4.11. The van der Waals surface area contributed by atoms with Gasteiger partial charge in [-0.3, -0.25) is 0 Å². The molecule has 1 aromatic rings. The van der Waals surface area contributed by atoms with E-state index in [-0.39, 0.29) is 6.04 Å². The Hall–Kier alpha value is -0.910. The van der Waals surface area contributed by atoms with E-state index in [1.165, 1.54) is 5.56 Å². The molecule has 0 aromatic heterocycles. The van der Waals surface area contributed by atoms with Gasteiger partial charge in [0.2, 0.25) is 10.0 Å². The molecule has 1 N–H and O–H groups in total. The fourth-order valence-corrected chi connectivity index (χ4v) is 4.15. The molecular weight excluding hydrogens is 272 g/mol. The Morgan fingerprint density at radius 1 is 1.35 bits per heavy atom. The van der Waals surface area contributed by atoms with Crippen LogP contribution in [0, 0.1) is 0 Å². The van der Waals surface area contributed by atoms with Gasteiger partial charge in [-0.15, -0.1) is 0 Å². The molecule has 2 atom stereocenters. The number of benzene rings is 1. The van der Waals surface area contributed by atoms with Crippen molar-refractivity contribution in [2.45, 2.75) is 44.0 Å². The first-order chi connectivity index (χ1) is 9.46. The van der Waals surface area contributed by atoms with Gasteiger partial charge in [0.15, 0.2) is 0 Å². The molecule has 0 aliphatic carbocycles. The average molecular weight is 296 g/mol. The van der Waals surface area contributed by atoms with E-state index >= 15 is 0 Å². The largest absolute Gasteiger partial charge is 0.314 e. The lowest BCUT2D eigenvalue weighted by molar-refractivity contribution is 0.284. The molecule has 1 aliphatic rings. The fourth-order valence-electron chi connectivity index (χ4n) is 2.52. The minimum absolute atomic E-state index is 0.00277. The van der Waals surface area contributed by atoms with Gasteiger partial charge >= 0.3 is 0 Å². The molecule has 4 nitrogen and oxygen atoms in total. The highest BCUT2D eigenvalue weighted by Crippen LogP contribution is 2.23. The van der Waals surface area contributed by atoms with Crippen LogP contribution in [-0.2, 0) is 10.0 Å². The molecule has 1 saturated heterocycles. The van der Waals surface area contributed by atoms with Gasteiger partial charge in [-0.1, -0.05) is 26.0 Å². The fraction of sp³-hybridized carbons (Fsp3) is 0.600. The molecule has 0 radical (unpaired) electrons. The number of nitrogens with zero attached hydrogens (tertiary/aromatic N) is 1. The first-order valence-corrected chi connectivity index (χ1v) is 8.73. The summed E-state index contributed by atoms with van der Waals surface area (Å²) in [7, 11) is -3.37. The van der Waals surface area contributed by atoms with Crippen LogP contribution in [-0.4, -0.2) is 38.4 Å². The normalized spacial score (nSPS) is 22.6. The molecule has 2 rings (SSSR count). The van der Waals surface area contributed by atoms with Crippen LogP contribution in [0.1, 0.15) is 38.7 Å². The highest BCUT2D eigenvalue weighted by molar-refractivity contribution is 7.89. The van der Waals surface area contributed by atoms with E-state index in [2.05, 4.69) is 19.2 Å². The Kier molecular flexibility index (Phi) is 4.83. The van der Waals surface area contributed by atoms with Crippen LogP contribution in [0.4, 0.5) is 0 Å². The van der Waals surface area contributed by atoms with Crippen molar-refractivity contribution in [1.29, 1.82) is 0 Å². The highest BCUT2D eigenvalue weighted by atomic mass is 32.2. The summed E-state index contributed by atoms with van der Waals surface area (Å²) in [6.07, 6.45) is 1.06. The Morgan fingerprint density at radius 3 is 2.55 bits per heavy atom. The van der Waals surface area contributed by atoms with Gasteiger partial charge in [-0.25, -0.2) is 8.42 Å². The third-order valence-corrected chi connectivity index (χ3v) is 6.14. The van der Waals surface area contributed by atoms with E-state index in [9.17, 15) is 8.42 Å². The summed E-state index contributed by atoms with van der Waals surface area (Å²) in [5.74, 6) is 0.463. The first kappa shape index (κ1) is 15.5. The van der Waals surface area contributed by atoms with E-state index in [1.807, 2.05) is 19.1 Å². The van der Waals surface area contributed by atoms with Crippen LogP contribution in [0.3, 0.4) is 0 Å². The predicted octanol–water partition coefficient (Wildman–Crippen LogP) is 2.18. The van der Waals surface area contributed by atoms with E-state index in [0.717, 1.165) is 6.42 Å². The van der Waals surface area contributed by atoms with E-state index in [0.29, 0.717) is 30.4 Å². The van der Waals surface area contributed by atoms with Crippen molar-refractivity contribution in [1.82, 2.24) is 9.62 Å². The zero-order chi connectivity index (χ0) is 14.8. The molecule has 1 heterocycles. The molecule has 0 spiro atoms. The quantitative estimate of drug-likeness (QED) is 0.926. The van der Waals surface area contributed by atoms with E-state index < -0.39 is 10.0 Å². The summed E-state index contributed by atoms with van der Waals surface area (Å²) < 4.78 is 26.9. The van der Waals surface area contributed by atoms with Gasteiger partial charge in [0.25, 0.3) is 0 Å². The van der Waals surface area contributed by atoms with Crippen molar-refractivity contribution in [3.63, 3.8) is 0 Å². The van der Waals surface area contributed by atoms with E-state index in [1.54, 1.807) is 16.4 Å². The maximum absolute atomic E-state index is 12.6. The summed E-state index contributed by atoms with van der Waals surface area (Å²) in [4.78, 5) is 0.401. The summed E-state index contributed by atoms with van der Waals surface area (Å²) >= 11 is 0. The summed E-state index contributed by atoms with van der Waals surface area (Å²) in [6.45, 7) is 8.20. The van der Waals surface area contributed by atoms with Crippen molar-refractivity contribution >= 4 is 10.0 Å². The van der Waals surface area contributed by atoms with Crippen molar-refractivity contribution < 1.29 is 8.42 Å². The monoisotopic (exact) mass is 296 g/mol. The lowest BCUT2D eigenvalue weighted by atomic mass is 9.99. The number of hydrogen-bond acceptors (Lipinski definition) is 3. The molecule has 112 valence electrons. The van der Waals surface area contributed by atoms with Gasteiger partial charge in [0, 0.05) is 25.7 Å². The number of hydrogen-bond donors (Lipinski definition) is 1. The van der Waals surface area contributed by atoms with Crippen molar-refractivity contribution in [3.8, 4) is 0 Å². The molecular formula is C15H24N2O2S. The summed E-state index contributed by atoms with van der Waals surface area (Å²) in [5.41, 5.74) is 1.19. The predicted molar refractivity (Wildman–Crippen MR) is 81.4 cm³/mol. The second kappa shape index (κ2) is 6.24. The molecule has 2 unspecified atom stereocenters. The molecule has 1 aliphatic heterocycles. The van der Waals surface area contributed by atoms with Crippen molar-refractivity contribution in [3.05, 3.63) is 29.8 Å². The Balaban J connectivity index is 2.25. The zero-order valence-corrected chi connectivity index (χ0v) is 13.3. The van der Waals surface area contributed by atoms with Gasteiger partial charge in [-0.2, -0.15) is 4.31 Å². The van der Waals surface area contributed by atoms with Crippen molar-refractivity contribution in [2.24, 2.45) is 0 Å². The molecule has 0 bridgehead atoms. The minimum Gasteiger partial charge on any atom is -0.314 e. The van der Waals surface area contributed by atoms with Gasteiger partial charge < -0.3 is 5.32 Å². The maximum Gasteiger partial charge on any atom is 0.243 e.